The van der Waals surface area contributed by atoms with E-state index in [0.717, 1.165) is 15.6 Å². The second-order valence-corrected chi connectivity index (χ2v) is 7.99. The number of amides is 2. The van der Waals surface area contributed by atoms with Crippen LogP contribution < -0.4 is 16.0 Å². The van der Waals surface area contributed by atoms with Crippen LogP contribution in [0.4, 0.5) is 11.4 Å². The number of rotatable bonds is 6. The zero-order valence-corrected chi connectivity index (χ0v) is 18.8. The Kier molecular flexibility index (Phi) is 7.13. The maximum atomic E-state index is 13.3. The van der Waals surface area contributed by atoms with Gasteiger partial charge in [0.25, 0.3) is 11.8 Å². The van der Waals surface area contributed by atoms with Crippen molar-refractivity contribution >= 4 is 50.7 Å². The fourth-order valence-corrected chi connectivity index (χ4v) is 3.79. The highest BCUT2D eigenvalue weighted by atomic mass is 79.9. The standard InChI is InChI=1S/C23H21BrClN3O2/c1-14-10-11-20(19(25)12-14)28-21(17-8-3-4-9-18(17)24)23(30)27-16-7-5-6-15(13-16)22(29)26-2/h3-13,21,28H,1-2H3,(H,26,29)(H,27,30). The molecule has 0 saturated carbocycles. The molecule has 3 aromatic carbocycles. The molecule has 0 aliphatic carbocycles. The molecule has 154 valence electrons. The minimum Gasteiger partial charge on any atom is -0.369 e. The molecule has 2 amide bonds. The van der Waals surface area contributed by atoms with Crippen molar-refractivity contribution in [3.8, 4) is 0 Å². The fourth-order valence-electron chi connectivity index (χ4n) is 2.98. The van der Waals surface area contributed by atoms with Crippen molar-refractivity contribution < 1.29 is 9.59 Å². The first-order valence-electron chi connectivity index (χ1n) is 9.29. The van der Waals surface area contributed by atoms with Gasteiger partial charge >= 0.3 is 0 Å². The number of nitrogens with one attached hydrogen (secondary N) is 3. The molecule has 0 aliphatic heterocycles. The van der Waals surface area contributed by atoms with Gasteiger partial charge in [-0.15, -0.1) is 0 Å². The molecule has 3 N–H and O–H groups in total. The highest BCUT2D eigenvalue weighted by Gasteiger charge is 2.24. The summed E-state index contributed by atoms with van der Waals surface area (Å²) in [6.07, 6.45) is 0. The molecule has 5 nitrogen and oxygen atoms in total. The number of hydrogen-bond donors (Lipinski definition) is 3. The van der Waals surface area contributed by atoms with Gasteiger partial charge in [0.2, 0.25) is 0 Å². The van der Waals surface area contributed by atoms with Gasteiger partial charge in [0.05, 0.1) is 10.7 Å². The summed E-state index contributed by atoms with van der Waals surface area (Å²) in [6.45, 7) is 1.95. The molecule has 0 bridgehead atoms. The van der Waals surface area contributed by atoms with Crippen molar-refractivity contribution in [3.63, 3.8) is 0 Å². The first kappa shape index (κ1) is 21.9. The molecule has 0 spiro atoms. The first-order chi connectivity index (χ1) is 14.4. The largest absolute Gasteiger partial charge is 0.369 e. The van der Waals surface area contributed by atoms with E-state index < -0.39 is 6.04 Å². The zero-order chi connectivity index (χ0) is 21.7. The Balaban J connectivity index is 1.93. The Morgan fingerprint density at radius 1 is 1.00 bits per heavy atom. The normalized spacial score (nSPS) is 11.5. The van der Waals surface area contributed by atoms with E-state index in [1.807, 2.05) is 49.4 Å². The smallest absolute Gasteiger partial charge is 0.251 e. The van der Waals surface area contributed by atoms with Crippen LogP contribution in [0.25, 0.3) is 0 Å². The Labute approximate surface area is 189 Å². The molecule has 30 heavy (non-hydrogen) atoms. The van der Waals surface area contributed by atoms with E-state index in [9.17, 15) is 9.59 Å². The summed E-state index contributed by atoms with van der Waals surface area (Å²) in [6, 6.07) is 19.2. The summed E-state index contributed by atoms with van der Waals surface area (Å²) in [5.41, 5.74) is 3.42. The highest BCUT2D eigenvalue weighted by Crippen LogP contribution is 2.31. The van der Waals surface area contributed by atoms with Crippen LogP contribution in [0.3, 0.4) is 0 Å². The summed E-state index contributed by atoms with van der Waals surface area (Å²) in [7, 11) is 1.56. The van der Waals surface area contributed by atoms with Gasteiger partial charge in [-0.1, -0.05) is 57.9 Å². The predicted molar refractivity (Wildman–Crippen MR) is 125 cm³/mol. The predicted octanol–water partition coefficient (Wildman–Crippen LogP) is 5.56. The molecule has 0 aromatic heterocycles. The molecule has 7 heteroatoms. The van der Waals surface area contributed by atoms with Crippen molar-refractivity contribution in [1.29, 1.82) is 0 Å². The summed E-state index contributed by atoms with van der Waals surface area (Å²) < 4.78 is 0.792. The minimum atomic E-state index is -0.718. The molecule has 0 radical (unpaired) electrons. The molecule has 1 unspecified atom stereocenters. The Bertz CT molecular complexity index is 1090. The van der Waals surface area contributed by atoms with Crippen molar-refractivity contribution in [2.24, 2.45) is 0 Å². The fraction of sp³-hybridized carbons (Fsp3) is 0.130. The maximum absolute atomic E-state index is 13.3. The monoisotopic (exact) mass is 485 g/mol. The molecule has 3 rings (SSSR count). The Morgan fingerprint density at radius 2 is 1.77 bits per heavy atom. The average Bonchev–Trinajstić information content (AvgIpc) is 2.73. The first-order valence-corrected chi connectivity index (χ1v) is 10.5. The summed E-state index contributed by atoms with van der Waals surface area (Å²) in [5, 5.41) is 9.25. The van der Waals surface area contributed by atoms with Crippen molar-refractivity contribution in [2.45, 2.75) is 13.0 Å². The van der Waals surface area contributed by atoms with Gasteiger partial charge in [0, 0.05) is 22.8 Å². The lowest BCUT2D eigenvalue weighted by Gasteiger charge is -2.22. The zero-order valence-electron chi connectivity index (χ0n) is 16.5. The summed E-state index contributed by atoms with van der Waals surface area (Å²) in [5.74, 6) is -0.509. The molecular formula is C23H21BrClN3O2. The van der Waals surface area contributed by atoms with E-state index in [1.54, 1.807) is 31.3 Å². The van der Waals surface area contributed by atoms with Gasteiger partial charge in [0.15, 0.2) is 0 Å². The lowest BCUT2D eigenvalue weighted by molar-refractivity contribution is -0.117. The van der Waals surface area contributed by atoms with Crippen LogP contribution in [0.1, 0.15) is 27.5 Å². The molecule has 0 heterocycles. The van der Waals surface area contributed by atoms with Crippen LogP contribution in [0.2, 0.25) is 5.02 Å². The number of benzene rings is 3. The minimum absolute atomic E-state index is 0.224. The lowest BCUT2D eigenvalue weighted by atomic mass is 10.0. The van der Waals surface area contributed by atoms with E-state index >= 15 is 0 Å². The van der Waals surface area contributed by atoms with Gasteiger partial charge in [-0.05, 0) is 54.4 Å². The van der Waals surface area contributed by atoms with Gasteiger partial charge in [-0.25, -0.2) is 0 Å². The van der Waals surface area contributed by atoms with E-state index in [-0.39, 0.29) is 11.8 Å². The van der Waals surface area contributed by atoms with Crippen LogP contribution in [-0.4, -0.2) is 18.9 Å². The molecule has 0 saturated heterocycles. The molecular weight excluding hydrogens is 466 g/mol. The summed E-state index contributed by atoms with van der Waals surface area (Å²) in [4.78, 5) is 25.2. The highest BCUT2D eigenvalue weighted by molar-refractivity contribution is 9.10. The molecule has 0 fully saturated rings. The molecule has 1 atom stereocenters. The number of hydrogen-bond acceptors (Lipinski definition) is 3. The van der Waals surface area contributed by atoms with Crippen molar-refractivity contribution in [1.82, 2.24) is 5.32 Å². The van der Waals surface area contributed by atoms with Gasteiger partial charge in [-0.2, -0.15) is 0 Å². The molecule has 0 aliphatic rings. The number of anilines is 2. The van der Waals surface area contributed by atoms with Crippen LogP contribution >= 0.6 is 27.5 Å². The third-order valence-electron chi connectivity index (χ3n) is 4.52. The van der Waals surface area contributed by atoms with Crippen LogP contribution in [0.5, 0.6) is 0 Å². The van der Waals surface area contributed by atoms with Crippen LogP contribution in [0, 0.1) is 6.92 Å². The average molecular weight is 487 g/mol. The number of carbonyl (C=O) groups excluding carboxylic acids is 2. The lowest BCUT2D eigenvalue weighted by Crippen LogP contribution is -2.28. The van der Waals surface area contributed by atoms with Gasteiger partial charge < -0.3 is 16.0 Å². The van der Waals surface area contributed by atoms with Crippen LogP contribution in [-0.2, 0) is 4.79 Å². The van der Waals surface area contributed by atoms with E-state index in [4.69, 9.17) is 11.6 Å². The third kappa shape index (κ3) is 5.20. The van der Waals surface area contributed by atoms with Crippen molar-refractivity contribution in [2.75, 3.05) is 17.7 Å². The summed E-state index contributed by atoms with van der Waals surface area (Å²) >= 11 is 9.92. The van der Waals surface area contributed by atoms with E-state index in [0.29, 0.717) is 22.0 Å². The van der Waals surface area contributed by atoms with Gasteiger partial charge in [-0.3, -0.25) is 9.59 Å². The second kappa shape index (κ2) is 9.78. The number of aryl methyl sites for hydroxylation is 1. The van der Waals surface area contributed by atoms with E-state index in [1.165, 1.54) is 0 Å². The second-order valence-electron chi connectivity index (χ2n) is 6.73. The third-order valence-corrected chi connectivity index (χ3v) is 5.56. The molecule has 3 aromatic rings. The van der Waals surface area contributed by atoms with Gasteiger partial charge in [0.1, 0.15) is 6.04 Å². The van der Waals surface area contributed by atoms with E-state index in [2.05, 4.69) is 31.9 Å². The Hall–Kier alpha value is -2.83. The SMILES string of the molecule is CNC(=O)c1cccc(NC(=O)C(Nc2ccc(C)cc2Cl)c2ccccc2Br)c1. The van der Waals surface area contributed by atoms with Crippen molar-refractivity contribution in [3.05, 3.63) is 92.9 Å². The van der Waals surface area contributed by atoms with Crippen LogP contribution in [0.15, 0.2) is 71.2 Å². The number of carbonyl (C=O) groups is 2. The number of halogens is 2. The topological polar surface area (TPSA) is 70.2 Å². The quantitative estimate of drug-likeness (QED) is 0.427. The Morgan fingerprint density at radius 3 is 2.47 bits per heavy atom. The maximum Gasteiger partial charge on any atom is 0.251 e.